The van der Waals surface area contributed by atoms with Gasteiger partial charge >= 0.3 is 5.91 Å². The third kappa shape index (κ3) is 6.73. The second-order valence-corrected chi connectivity index (χ2v) is 12.9. The number of aryl methyl sites for hydroxylation is 1. The van der Waals surface area contributed by atoms with Crippen molar-refractivity contribution >= 4 is 68.9 Å². The van der Waals surface area contributed by atoms with E-state index < -0.39 is 17.7 Å². The summed E-state index contributed by atoms with van der Waals surface area (Å²) >= 11 is 14.9. The lowest BCUT2D eigenvalue weighted by atomic mass is 9.95. The van der Waals surface area contributed by atoms with E-state index in [4.69, 9.17) is 32.7 Å². The number of amides is 1. The SMILES string of the molecule is CCCOc1ccc(C2/C(=C(\O)c3ccc(C)cc3)C(=O)C(=O)N2c2nnc(SCc3ccc(Cl)cc3Cl)s2)cc1OCC. The Morgan fingerprint density at radius 2 is 1.77 bits per heavy atom. The Bertz CT molecular complexity index is 1730. The molecule has 12 heteroatoms. The molecular weight excluding hydrogens is 641 g/mol. The molecule has 1 aromatic heterocycles. The smallest absolute Gasteiger partial charge is 0.301 e. The standard InChI is InChI=1S/C32H29Cl2N3O5S2/c1-4-14-42-24-13-11-20(15-25(24)41-5-2)27-26(28(38)19-8-6-18(3)7-9-19)29(39)30(40)37(27)31-35-36-32(44-31)43-17-21-10-12-22(33)16-23(21)34/h6-13,15-16,27,38H,4-5,14,17H2,1-3H3/b28-26+. The average Bonchev–Trinajstić information content (AvgIpc) is 3.58. The van der Waals surface area contributed by atoms with Crippen molar-refractivity contribution in [3.8, 4) is 11.5 Å². The van der Waals surface area contributed by atoms with Crippen LogP contribution in [0.3, 0.4) is 0 Å². The number of nitrogens with zero attached hydrogens (tertiary/aromatic N) is 3. The molecule has 1 fully saturated rings. The van der Waals surface area contributed by atoms with Crippen molar-refractivity contribution in [2.24, 2.45) is 0 Å². The van der Waals surface area contributed by atoms with Crippen LogP contribution in [0.1, 0.15) is 48.6 Å². The maximum absolute atomic E-state index is 13.7. The molecule has 5 rings (SSSR count). The first-order chi connectivity index (χ1) is 21.2. The zero-order valence-electron chi connectivity index (χ0n) is 24.2. The lowest BCUT2D eigenvalue weighted by Crippen LogP contribution is -2.29. The number of carbonyl (C=O) groups excluding carboxylic acids is 2. The monoisotopic (exact) mass is 669 g/mol. The summed E-state index contributed by atoms with van der Waals surface area (Å²) in [5.74, 6) is -0.416. The van der Waals surface area contributed by atoms with Crippen LogP contribution in [0.25, 0.3) is 5.76 Å². The average molecular weight is 671 g/mol. The molecule has 8 nitrogen and oxygen atoms in total. The number of ketones is 1. The van der Waals surface area contributed by atoms with Gasteiger partial charge in [0.15, 0.2) is 15.8 Å². The van der Waals surface area contributed by atoms with Gasteiger partial charge in [-0.05, 0) is 55.7 Å². The molecule has 0 aliphatic carbocycles. The van der Waals surface area contributed by atoms with Gasteiger partial charge in [-0.2, -0.15) is 0 Å². The van der Waals surface area contributed by atoms with E-state index in [2.05, 4.69) is 10.2 Å². The van der Waals surface area contributed by atoms with E-state index in [9.17, 15) is 14.7 Å². The number of carbonyl (C=O) groups is 2. The molecule has 1 atom stereocenters. The Kier molecular flexibility index (Phi) is 10.2. The van der Waals surface area contributed by atoms with Crippen molar-refractivity contribution < 1.29 is 24.2 Å². The molecule has 0 radical (unpaired) electrons. The second kappa shape index (κ2) is 14.0. The van der Waals surface area contributed by atoms with Crippen LogP contribution in [0.4, 0.5) is 5.13 Å². The lowest BCUT2D eigenvalue weighted by molar-refractivity contribution is -0.132. The molecule has 2 heterocycles. The van der Waals surface area contributed by atoms with Gasteiger partial charge in [-0.25, -0.2) is 0 Å². The molecule has 0 spiro atoms. The fourth-order valence-corrected chi connectivity index (χ4v) is 7.07. The molecule has 1 N–H and O–H groups in total. The summed E-state index contributed by atoms with van der Waals surface area (Å²) in [7, 11) is 0. The summed E-state index contributed by atoms with van der Waals surface area (Å²) in [6.07, 6.45) is 0.811. The number of thioether (sulfide) groups is 1. The molecule has 1 aliphatic heterocycles. The van der Waals surface area contributed by atoms with E-state index in [1.165, 1.54) is 28.0 Å². The number of hydrogen-bond donors (Lipinski definition) is 1. The van der Waals surface area contributed by atoms with E-state index in [-0.39, 0.29) is 16.5 Å². The number of ether oxygens (including phenoxy) is 2. The van der Waals surface area contributed by atoms with Crippen LogP contribution in [0.5, 0.6) is 11.5 Å². The highest BCUT2D eigenvalue weighted by molar-refractivity contribution is 8.00. The van der Waals surface area contributed by atoms with Gasteiger partial charge < -0.3 is 14.6 Å². The summed E-state index contributed by atoms with van der Waals surface area (Å²) in [6.45, 7) is 6.66. The summed E-state index contributed by atoms with van der Waals surface area (Å²) in [5, 5.41) is 21.3. The van der Waals surface area contributed by atoms with Gasteiger partial charge in [0.1, 0.15) is 5.76 Å². The minimum Gasteiger partial charge on any atom is -0.507 e. The molecule has 0 bridgehead atoms. The number of anilines is 1. The van der Waals surface area contributed by atoms with Gasteiger partial charge in [-0.15, -0.1) is 10.2 Å². The minimum atomic E-state index is -0.993. The Hall–Kier alpha value is -3.57. The van der Waals surface area contributed by atoms with Gasteiger partial charge in [0.05, 0.1) is 24.8 Å². The third-order valence-corrected chi connectivity index (χ3v) is 9.47. The van der Waals surface area contributed by atoms with Crippen LogP contribution in [0, 0.1) is 6.92 Å². The van der Waals surface area contributed by atoms with Crippen LogP contribution < -0.4 is 14.4 Å². The maximum atomic E-state index is 13.7. The van der Waals surface area contributed by atoms with Crippen LogP contribution in [-0.4, -0.2) is 40.2 Å². The number of halogens is 2. The Balaban J connectivity index is 1.57. The van der Waals surface area contributed by atoms with E-state index in [1.807, 2.05) is 39.0 Å². The highest BCUT2D eigenvalue weighted by Gasteiger charge is 2.48. The van der Waals surface area contributed by atoms with Crippen LogP contribution >= 0.6 is 46.3 Å². The summed E-state index contributed by atoms with van der Waals surface area (Å²) in [4.78, 5) is 28.6. The molecule has 4 aromatic rings. The van der Waals surface area contributed by atoms with Gasteiger partial charge in [-0.3, -0.25) is 14.5 Å². The van der Waals surface area contributed by atoms with Crippen molar-refractivity contribution in [1.29, 1.82) is 0 Å². The number of benzene rings is 3. The molecule has 0 saturated carbocycles. The van der Waals surface area contributed by atoms with Crippen molar-refractivity contribution in [3.05, 3.63) is 98.5 Å². The van der Waals surface area contributed by atoms with Gasteiger partial charge in [0, 0.05) is 21.4 Å². The maximum Gasteiger partial charge on any atom is 0.301 e. The normalized spacial score (nSPS) is 16.0. The summed E-state index contributed by atoms with van der Waals surface area (Å²) in [6, 6.07) is 16.6. The number of aliphatic hydroxyl groups excluding tert-OH is 1. The highest BCUT2D eigenvalue weighted by Crippen LogP contribution is 2.46. The zero-order valence-corrected chi connectivity index (χ0v) is 27.3. The van der Waals surface area contributed by atoms with Crippen molar-refractivity contribution in [1.82, 2.24) is 10.2 Å². The van der Waals surface area contributed by atoms with Crippen molar-refractivity contribution in [2.75, 3.05) is 18.1 Å². The molecule has 228 valence electrons. The first kappa shape index (κ1) is 31.8. The number of hydrogen-bond acceptors (Lipinski definition) is 9. The van der Waals surface area contributed by atoms with Gasteiger partial charge in [0.25, 0.3) is 5.78 Å². The molecule has 1 saturated heterocycles. The molecule has 3 aromatic carbocycles. The van der Waals surface area contributed by atoms with Crippen LogP contribution in [0.15, 0.2) is 70.6 Å². The number of aromatic nitrogens is 2. The summed E-state index contributed by atoms with van der Waals surface area (Å²) in [5.41, 5.74) is 2.76. The van der Waals surface area contributed by atoms with E-state index in [1.54, 1.807) is 42.5 Å². The van der Waals surface area contributed by atoms with E-state index in [0.29, 0.717) is 56.0 Å². The third-order valence-electron chi connectivity index (χ3n) is 6.78. The fraction of sp³-hybridized carbons (Fsp3) is 0.250. The molecule has 1 unspecified atom stereocenters. The predicted octanol–water partition coefficient (Wildman–Crippen LogP) is 8.26. The topological polar surface area (TPSA) is 102 Å². The Morgan fingerprint density at radius 3 is 2.48 bits per heavy atom. The minimum absolute atomic E-state index is 0.0547. The number of Topliss-reactive ketones (excluding diaryl/α,β-unsaturated/α-hetero) is 1. The second-order valence-electron chi connectivity index (χ2n) is 9.90. The highest BCUT2D eigenvalue weighted by atomic mass is 35.5. The van der Waals surface area contributed by atoms with Gasteiger partial charge in [0.2, 0.25) is 5.13 Å². The molecule has 44 heavy (non-hydrogen) atoms. The quantitative estimate of drug-likeness (QED) is 0.0560. The summed E-state index contributed by atoms with van der Waals surface area (Å²) < 4.78 is 12.3. The largest absolute Gasteiger partial charge is 0.507 e. The van der Waals surface area contributed by atoms with Gasteiger partial charge in [-0.1, -0.05) is 95.2 Å². The Morgan fingerprint density at radius 1 is 1.00 bits per heavy atom. The molecule has 1 amide bonds. The van der Waals surface area contributed by atoms with Crippen LogP contribution in [0.2, 0.25) is 10.0 Å². The van der Waals surface area contributed by atoms with Crippen molar-refractivity contribution in [2.45, 2.75) is 43.3 Å². The Labute approximate surface area is 273 Å². The molecule has 1 aliphatic rings. The van der Waals surface area contributed by atoms with E-state index in [0.717, 1.165) is 17.5 Å². The zero-order chi connectivity index (χ0) is 31.4. The number of aliphatic hydroxyl groups is 1. The van der Waals surface area contributed by atoms with E-state index >= 15 is 0 Å². The molecular formula is C32H29Cl2N3O5S2. The number of rotatable bonds is 11. The van der Waals surface area contributed by atoms with Crippen LogP contribution in [-0.2, 0) is 15.3 Å². The van der Waals surface area contributed by atoms with Crippen molar-refractivity contribution in [3.63, 3.8) is 0 Å². The lowest BCUT2D eigenvalue weighted by Gasteiger charge is -2.23. The first-order valence-corrected chi connectivity index (χ1v) is 16.4. The fourth-order valence-electron chi connectivity index (χ4n) is 4.64. The first-order valence-electron chi connectivity index (χ1n) is 13.9. The predicted molar refractivity (Wildman–Crippen MR) is 175 cm³/mol.